The fourth-order valence-electron chi connectivity index (χ4n) is 1.13. The van der Waals surface area contributed by atoms with Gasteiger partial charge < -0.3 is 9.63 Å². The van der Waals surface area contributed by atoms with E-state index >= 15 is 0 Å². The second kappa shape index (κ2) is 6.22. The maximum atomic E-state index is 10.5. The number of aryl methyl sites for hydroxylation is 1. The lowest BCUT2D eigenvalue weighted by atomic mass is 10.2. The fraction of sp³-hybridized carbons (Fsp3) is 0.700. The van der Waals surface area contributed by atoms with Crippen LogP contribution in [0.1, 0.15) is 38.4 Å². The van der Waals surface area contributed by atoms with E-state index in [1.165, 1.54) is 0 Å². The summed E-state index contributed by atoms with van der Waals surface area (Å²) in [6.45, 7) is 3.94. The molecule has 0 unspecified atom stereocenters. The largest absolute Gasteiger partial charge is 0.480 e. The van der Waals surface area contributed by atoms with Crippen molar-refractivity contribution in [2.75, 3.05) is 0 Å². The summed E-state index contributed by atoms with van der Waals surface area (Å²) < 4.78 is 4.98. The molecular weight excluding hydrogens is 210 g/mol. The second-order valence-electron chi connectivity index (χ2n) is 3.65. The minimum absolute atomic E-state index is 0.284. The molecule has 6 nitrogen and oxygen atoms in total. The first-order chi connectivity index (χ1) is 7.63. The van der Waals surface area contributed by atoms with Gasteiger partial charge in [0.2, 0.25) is 5.89 Å². The minimum atomic E-state index is -0.897. The van der Waals surface area contributed by atoms with E-state index in [4.69, 9.17) is 9.63 Å². The monoisotopic (exact) mass is 227 g/mol. The first kappa shape index (κ1) is 12.6. The van der Waals surface area contributed by atoms with Crippen LogP contribution in [0.2, 0.25) is 0 Å². The Balaban J connectivity index is 2.37. The van der Waals surface area contributed by atoms with Gasteiger partial charge >= 0.3 is 5.97 Å². The summed E-state index contributed by atoms with van der Waals surface area (Å²) >= 11 is 0. The van der Waals surface area contributed by atoms with Crippen LogP contribution in [0.5, 0.6) is 0 Å². The molecule has 0 fully saturated rings. The number of carbonyl (C=O) groups is 1. The molecule has 0 saturated carbocycles. The van der Waals surface area contributed by atoms with Gasteiger partial charge in [0.25, 0.3) is 0 Å². The summed E-state index contributed by atoms with van der Waals surface area (Å²) in [5.41, 5.74) is 0. The molecule has 1 heterocycles. The van der Waals surface area contributed by atoms with Crippen molar-refractivity contribution in [2.24, 2.45) is 0 Å². The van der Waals surface area contributed by atoms with Crippen molar-refractivity contribution in [3.8, 4) is 0 Å². The highest BCUT2D eigenvalue weighted by Crippen LogP contribution is 2.02. The lowest BCUT2D eigenvalue weighted by Crippen LogP contribution is -2.33. The molecule has 6 heteroatoms. The highest BCUT2D eigenvalue weighted by atomic mass is 16.5. The van der Waals surface area contributed by atoms with Gasteiger partial charge in [-0.1, -0.05) is 18.5 Å². The zero-order chi connectivity index (χ0) is 12.0. The maximum Gasteiger partial charge on any atom is 0.320 e. The summed E-state index contributed by atoms with van der Waals surface area (Å²) in [6, 6.07) is -0.619. The van der Waals surface area contributed by atoms with Crippen LogP contribution in [-0.2, 0) is 17.8 Å². The van der Waals surface area contributed by atoms with Gasteiger partial charge in [-0.3, -0.25) is 10.1 Å². The Bertz CT molecular complexity index is 338. The van der Waals surface area contributed by atoms with Crippen molar-refractivity contribution < 1.29 is 14.4 Å². The Morgan fingerprint density at radius 1 is 1.62 bits per heavy atom. The number of rotatable bonds is 7. The van der Waals surface area contributed by atoms with E-state index in [-0.39, 0.29) is 6.54 Å². The topological polar surface area (TPSA) is 88.2 Å². The average molecular weight is 227 g/mol. The molecule has 0 aliphatic heterocycles. The molecule has 0 aromatic carbocycles. The van der Waals surface area contributed by atoms with Gasteiger partial charge in [-0.05, 0) is 13.3 Å². The first-order valence-electron chi connectivity index (χ1n) is 5.41. The predicted octanol–water partition coefficient (Wildman–Crippen LogP) is 0.975. The standard InChI is InChI=1S/C10H17N3O3/c1-3-4-5-8-12-9(16-13-8)6-11-7(2)10(14)15/h7,11H,3-6H2,1-2H3,(H,14,15)/t7-/m0/s1. The number of nitrogens with zero attached hydrogens (tertiary/aromatic N) is 2. The summed E-state index contributed by atoms with van der Waals surface area (Å²) in [5, 5.41) is 15.2. The molecule has 2 N–H and O–H groups in total. The van der Waals surface area contributed by atoms with Crippen molar-refractivity contribution in [1.82, 2.24) is 15.5 Å². The summed E-state index contributed by atoms with van der Waals surface area (Å²) in [4.78, 5) is 14.7. The van der Waals surface area contributed by atoms with Gasteiger partial charge in [-0.15, -0.1) is 0 Å². The van der Waals surface area contributed by atoms with Crippen LogP contribution < -0.4 is 5.32 Å². The van der Waals surface area contributed by atoms with Crippen molar-refractivity contribution in [2.45, 2.75) is 45.7 Å². The average Bonchev–Trinajstić information content (AvgIpc) is 2.70. The third-order valence-electron chi connectivity index (χ3n) is 2.19. The Kier molecular flexibility index (Phi) is 4.91. The summed E-state index contributed by atoms with van der Waals surface area (Å²) in [6.07, 6.45) is 2.91. The third-order valence-corrected chi connectivity index (χ3v) is 2.19. The van der Waals surface area contributed by atoms with Gasteiger partial charge in [0.05, 0.1) is 6.54 Å². The van der Waals surface area contributed by atoms with Gasteiger partial charge in [0.1, 0.15) is 6.04 Å². The molecule has 1 rings (SSSR count). The van der Waals surface area contributed by atoms with Crippen molar-refractivity contribution >= 4 is 5.97 Å². The molecule has 0 amide bonds. The van der Waals surface area contributed by atoms with Crippen molar-refractivity contribution in [3.05, 3.63) is 11.7 Å². The fourth-order valence-corrected chi connectivity index (χ4v) is 1.13. The molecular formula is C10H17N3O3. The van der Waals surface area contributed by atoms with E-state index in [1.54, 1.807) is 6.92 Å². The van der Waals surface area contributed by atoms with E-state index in [9.17, 15) is 4.79 Å². The molecule has 16 heavy (non-hydrogen) atoms. The zero-order valence-corrected chi connectivity index (χ0v) is 9.56. The van der Waals surface area contributed by atoms with E-state index in [0.29, 0.717) is 11.7 Å². The normalized spacial score (nSPS) is 12.6. The lowest BCUT2D eigenvalue weighted by molar-refractivity contribution is -0.139. The van der Waals surface area contributed by atoms with Gasteiger partial charge in [0.15, 0.2) is 5.82 Å². The molecule has 0 radical (unpaired) electrons. The smallest absolute Gasteiger partial charge is 0.320 e. The van der Waals surface area contributed by atoms with Crippen molar-refractivity contribution in [1.29, 1.82) is 0 Å². The molecule has 0 aliphatic carbocycles. The number of nitrogens with one attached hydrogen (secondary N) is 1. The number of unbranched alkanes of at least 4 members (excludes halogenated alkanes) is 1. The highest BCUT2D eigenvalue weighted by Gasteiger charge is 2.12. The van der Waals surface area contributed by atoms with Crippen LogP contribution >= 0.6 is 0 Å². The van der Waals surface area contributed by atoms with Crippen LogP contribution in [0, 0.1) is 0 Å². The summed E-state index contributed by atoms with van der Waals surface area (Å²) in [5.74, 6) is 0.214. The molecule has 1 aromatic rings. The van der Waals surface area contributed by atoms with Crippen LogP contribution in [0.4, 0.5) is 0 Å². The second-order valence-corrected chi connectivity index (χ2v) is 3.65. The molecule has 0 bridgehead atoms. The van der Waals surface area contributed by atoms with Crippen molar-refractivity contribution in [3.63, 3.8) is 0 Å². The minimum Gasteiger partial charge on any atom is -0.480 e. The number of carboxylic acid groups (broad SMARTS) is 1. The van der Waals surface area contributed by atoms with Gasteiger partial charge in [-0.25, -0.2) is 0 Å². The first-order valence-corrected chi connectivity index (χ1v) is 5.41. The third kappa shape index (κ3) is 3.98. The number of aromatic nitrogens is 2. The number of hydrogen-bond acceptors (Lipinski definition) is 5. The molecule has 0 spiro atoms. The zero-order valence-electron chi connectivity index (χ0n) is 9.56. The van der Waals surface area contributed by atoms with E-state index in [2.05, 4.69) is 22.4 Å². The molecule has 1 atom stereocenters. The molecule has 0 aliphatic rings. The lowest BCUT2D eigenvalue weighted by Gasteiger charge is -2.05. The highest BCUT2D eigenvalue weighted by molar-refractivity contribution is 5.72. The molecule has 1 aromatic heterocycles. The van der Waals surface area contributed by atoms with Crippen LogP contribution in [0.3, 0.4) is 0 Å². The number of aliphatic carboxylic acids is 1. The van der Waals surface area contributed by atoms with Crippen LogP contribution in [0.25, 0.3) is 0 Å². The van der Waals surface area contributed by atoms with Gasteiger partial charge in [-0.2, -0.15) is 4.98 Å². The maximum absolute atomic E-state index is 10.5. The quantitative estimate of drug-likeness (QED) is 0.721. The Hall–Kier alpha value is -1.43. The Morgan fingerprint density at radius 3 is 3.00 bits per heavy atom. The number of hydrogen-bond donors (Lipinski definition) is 2. The SMILES string of the molecule is CCCCc1noc(CN[C@@H](C)C(=O)O)n1. The van der Waals surface area contributed by atoms with E-state index in [1.807, 2.05) is 0 Å². The Labute approximate surface area is 94.0 Å². The number of carboxylic acids is 1. The molecule has 0 saturated heterocycles. The van der Waals surface area contributed by atoms with Crippen LogP contribution in [-0.4, -0.2) is 27.3 Å². The van der Waals surface area contributed by atoms with E-state index in [0.717, 1.165) is 19.3 Å². The van der Waals surface area contributed by atoms with Gasteiger partial charge in [0, 0.05) is 6.42 Å². The summed E-state index contributed by atoms with van der Waals surface area (Å²) in [7, 11) is 0. The predicted molar refractivity (Wildman–Crippen MR) is 56.8 cm³/mol. The molecule has 90 valence electrons. The Morgan fingerprint density at radius 2 is 2.38 bits per heavy atom. The van der Waals surface area contributed by atoms with E-state index < -0.39 is 12.0 Å². The van der Waals surface area contributed by atoms with Crippen LogP contribution in [0.15, 0.2) is 4.52 Å².